The lowest BCUT2D eigenvalue weighted by Gasteiger charge is -2.15. The van der Waals surface area contributed by atoms with Crippen molar-refractivity contribution < 1.29 is 9.53 Å². The molecule has 1 aromatic rings. The van der Waals surface area contributed by atoms with E-state index in [4.69, 9.17) is 4.74 Å². The normalized spacial score (nSPS) is 30.0. The standard InChI is InChI=1S/C19H23IO2/c1-19(20)8-7-15(12-19)9-16-10-17(16)11-18(21)22-13-14-5-3-2-4-6-14/h2-6,10,15-16H,7-9,11-13H2,1H3/t15?,16-,19?/m0/s1. The molecular formula is C19H23IO2. The third-order valence-electron chi connectivity index (χ3n) is 4.75. The monoisotopic (exact) mass is 410 g/mol. The third-order valence-corrected chi connectivity index (χ3v) is 5.73. The van der Waals surface area contributed by atoms with Gasteiger partial charge >= 0.3 is 5.97 Å². The summed E-state index contributed by atoms with van der Waals surface area (Å²) in [6.45, 7) is 2.74. The molecule has 0 amide bonds. The molecule has 0 saturated heterocycles. The molecule has 2 aliphatic rings. The Morgan fingerprint density at radius 3 is 2.82 bits per heavy atom. The molecule has 1 saturated carbocycles. The highest BCUT2D eigenvalue weighted by Crippen LogP contribution is 2.47. The third kappa shape index (κ3) is 4.58. The van der Waals surface area contributed by atoms with Gasteiger partial charge in [0.25, 0.3) is 0 Å². The van der Waals surface area contributed by atoms with Crippen molar-refractivity contribution >= 4 is 28.6 Å². The van der Waals surface area contributed by atoms with Gasteiger partial charge in [0.05, 0.1) is 6.42 Å². The molecule has 2 nitrogen and oxygen atoms in total. The van der Waals surface area contributed by atoms with Gasteiger partial charge in [-0.1, -0.05) is 71.5 Å². The summed E-state index contributed by atoms with van der Waals surface area (Å²) in [6.07, 6.45) is 7.97. The molecule has 1 fully saturated rings. The van der Waals surface area contributed by atoms with Gasteiger partial charge in [-0.2, -0.15) is 0 Å². The zero-order valence-corrected chi connectivity index (χ0v) is 15.2. The van der Waals surface area contributed by atoms with Crippen LogP contribution in [0.5, 0.6) is 0 Å². The van der Waals surface area contributed by atoms with Crippen LogP contribution in [0.15, 0.2) is 42.0 Å². The molecule has 3 rings (SSSR count). The summed E-state index contributed by atoms with van der Waals surface area (Å²) >= 11 is 2.60. The lowest BCUT2D eigenvalue weighted by molar-refractivity contribution is -0.144. The van der Waals surface area contributed by atoms with Gasteiger partial charge in [0.1, 0.15) is 6.61 Å². The maximum Gasteiger partial charge on any atom is 0.310 e. The van der Waals surface area contributed by atoms with Crippen LogP contribution in [0.25, 0.3) is 0 Å². The first-order valence-corrected chi connectivity index (χ1v) is 9.19. The number of alkyl halides is 1. The molecule has 2 aliphatic carbocycles. The number of benzene rings is 1. The molecule has 0 aromatic heterocycles. The SMILES string of the molecule is CC1(I)CCC(C[C@H]2C=C2CC(=O)OCc2ccccc2)C1. The van der Waals surface area contributed by atoms with Gasteiger partial charge in [-0.25, -0.2) is 0 Å². The van der Waals surface area contributed by atoms with Crippen LogP contribution in [0.2, 0.25) is 0 Å². The van der Waals surface area contributed by atoms with Gasteiger partial charge in [-0.05, 0) is 43.1 Å². The van der Waals surface area contributed by atoms with E-state index in [1.54, 1.807) is 0 Å². The number of carbonyl (C=O) groups excluding carboxylic acids is 1. The Morgan fingerprint density at radius 1 is 1.36 bits per heavy atom. The van der Waals surface area contributed by atoms with E-state index in [0.717, 1.165) is 11.5 Å². The molecule has 0 N–H and O–H groups in total. The fraction of sp³-hybridized carbons (Fsp3) is 0.526. The molecule has 0 radical (unpaired) electrons. The number of hydrogen-bond donors (Lipinski definition) is 0. The van der Waals surface area contributed by atoms with Crippen molar-refractivity contribution in [1.29, 1.82) is 0 Å². The van der Waals surface area contributed by atoms with Crippen molar-refractivity contribution in [2.75, 3.05) is 0 Å². The fourth-order valence-electron chi connectivity index (χ4n) is 3.45. The van der Waals surface area contributed by atoms with E-state index in [9.17, 15) is 4.79 Å². The predicted molar refractivity (Wildman–Crippen MR) is 96.8 cm³/mol. The van der Waals surface area contributed by atoms with E-state index >= 15 is 0 Å². The summed E-state index contributed by atoms with van der Waals surface area (Å²) in [6, 6.07) is 9.85. The first-order valence-electron chi connectivity index (χ1n) is 8.11. The Kier molecular flexibility index (Phi) is 4.91. The topological polar surface area (TPSA) is 26.3 Å². The van der Waals surface area contributed by atoms with Crippen LogP contribution in [-0.4, -0.2) is 9.39 Å². The minimum Gasteiger partial charge on any atom is -0.461 e. The van der Waals surface area contributed by atoms with Crippen molar-refractivity contribution in [3.63, 3.8) is 0 Å². The molecule has 1 aromatic carbocycles. The highest BCUT2D eigenvalue weighted by atomic mass is 127. The number of esters is 1. The summed E-state index contributed by atoms with van der Waals surface area (Å²) in [5.41, 5.74) is 2.34. The number of ether oxygens (including phenoxy) is 1. The number of carbonyl (C=O) groups is 1. The van der Waals surface area contributed by atoms with Crippen LogP contribution in [0.1, 0.15) is 44.6 Å². The maximum absolute atomic E-state index is 11.9. The van der Waals surface area contributed by atoms with Crippen molar-refractivity contribution in [1.82, 2.24) is 0 Å². The number of halogens is 1. The Labute approximate surface area is 146 Å². The van der Waals surface area contributed by atoms with E-state index in [0.29, 0.717) is 22.4 Å². The Bertz CT molecular complexity index is 562. The van der Waals surface area contributed by atoms with Crippen LogP contribution < -0.4 is 0 Å². The molecule has 3 atom stereocenters. The van der Waals surface area contributed by atoms with Gasteiger partial charge in [0.15, 0.2) is 0 Å². The van der Waals surface area contributed by atoms with Gasteiger partial charge in [-0.3, -0.25) is 4.79 Å². The lowest BCUT2D eigenvalue weighted by atomic mass is 9.97. The second-order valence-corrected chi connectivity index (χ2v) is 9.53. The Balaban J connectivity index is 1.35. The molecule has 2 unspecified atom stereocenters. The molecule has 22 heavy (non-hydrogen) atoms. The minimum absolute atomic E-state index is 0.0947. The average molecular weight is 410 g/mol. The van der Waals surface area contributed by atoms with Gasteiger partial charge in [-0.15, -0.1) is 0 Å². The number of allylic oxidation sites excluding steroid dienone is 1. The summed E-state index contributed by atoms with van der Waals surface area (Å²) in [5.74, 6) is 1.31. The predicted octanol–water partition coefficient (Wildman–Crippen LogP) is 5.06. The van der Waals surface area contributed by atoms with E-state index in [1.807, 2.05) is 30.3 Å². The highest BCUT2D eigenvalue weighted by Gasteiger charge is 2.36. The largest absolute Gasteiger partial charge is 0.461 e. The molecule has 0 aliphatic heterocycles. The molecule has 0 bridgehead atoms. The molecule has 0 heterocycles. The van der Waals surface area contributed by atoms with Crippen LogP contribution in [0, 0.1) is 11.8 Å². The summed E-state index contributed by atoms with van der Waals surface area (Å²) < 4.78 is 5.84. The first-order chi connectivity index (χ1) is 10.5. The second-order valence-electron chi connectivity index (χ2n) is 6.93. The van der Waals surface area contributed by atoms with Crippen molar-refractivity contribution in [2.24, 2.45) is 11.8 Å². The Morgan fingerprint density at radius 2 is 2.14 bits per heavy atom. The Hall–Kier alpha value is -0.840. The highest BCUT2D eigenvalue weighted by molar-refractivity contribution is 14.1. The average Bonchev–Trinajstić information content (AvgIpc) is 3.10. The van der Waals surface area contributed by atoms with Crippen LogP contribution in [-0.2, 0) is 16.1 Å². The fourth-order valence-corrected chi connectivity index (χ4v) is 4.38. The summed E-state index contributed by atoms with van der Waals surface area (Å²) in [5, 5.41) is 0. The lowest BCUT2D eigenvalue weighted by Crippen LogP contribution is -2.09. The van der Waals surface area contributed by atoms with E-state index in [-0.39, 0.29) is 5.97 Å². The zero-order valence-electron chi connectivity index (χ0n) is 13.1. The quantitative estimate of drug-likeness (QED) is 0.284. The molecule has 3 heteroatoms. The van der Waals surface area contributed by atoms with E-state index in [2.05, 4.69) is 35.6 Å². The van der Waals surface area contributed by atoms with Crippen LogP contribution in [0.3, 0.4) is 0 Å². The molecule has 0 spiro atoms. The number of rotatable bonds is 6. The van der Waals surface area contributed by atoms with Gasteiger partial charge < -0.3 is 4.74 Å². The van der Waals surface area contributed by atoms with Crippen molar-refractivity contribution in [3.8, 4) is 0 Å². The van der Waals surface area contributed by atoms with Crippen molar-refractivity contribution in [3.05, 3.63) is 47.5 Å². The van der Waals surface area contributed by atoms with E-state index in [1.165, 1.54) is 31.3 Å². The summed E-state index contributed by atoms with van der Waals surface area (Å²) in [7, 11) is 0. The first kappa shape index (κ1) is 16.0. The number of hydrogen-bond acceptors (Lipinski definition) is 2. The van der Waals surface area contributed by atoms with Crippen molar-refractivity contribution in [2.45, 2.75) is 49.1 Å². The van der Waals surface area contributed by atoms with Gasteiger partial charge in [0.2, 0.25) is 0 Å². The van der Waals surface area contributed by atoms with Gasteiger partial charge in [0, 0.05) is 3.42 Å². The summed E-state index contributed by atoms with van der Waals surface area (Å²) in [4.78, 5) is 11.9. The molecule has 118 valence electrons. The van der Waals surface area contributed by atoms with E-state index < -0.39 is 0 Å². The van der Waals surface area contributed by atoms with Crippen LogP contribution in [0.4, 0.5) is 0 Å². The minimum atomic E-state index is -0.0947. The molecular weight excluding hydrogens is 387 g/mol. The van der Waals surface area contributed by atoms with Crippen LogP contribution >= 0.6 is 22.6 Å². The smallest absolute Gasteiger partial charge is 0.310 e. The maximum atomic E-state index is 11.9. The zero-order chi connectivity index (χ0) is 15.6. The second kappa shape index (κ2) is 6.73.